The van der Waals surface area contributed by atoms with Crippen LogP contribution in [0.25, 0.3) is 71.0 Å². The van der Waals surface area contributed by atoms with Gasteiger partial charge in [-0.1, -0.05) is 196 Å². The second-order valence-corrected chi connectivity index (χ2v) is 13.3. The molecule has 57 heavy (non-hydrogen) atoms. The van der Waals surface area contributed by atoms with Gasteiger partial charge in [-0.2, -0.15) is 0 Å². The Hall–Kier alpha value is -6.77. The molecule has 0 fully saturated rings. The number of nitrogens with one attached hydrogen (secondary N) is 1. The summed E-state index contributed by atoms with van der Waals surface area (Å²) in [6.45, 7) is 20.0. The van der Waals surface area contributed by atoms with Crippen LogP contribution >= 0.6 is 0 Å². The molecule has 0 aliphatic carbocycles. The molecule has 0 unspecified atom stereocenters. The lowest BCUT2D eigenvalue weighted by molar-refractivity contribution is 0.668. The van der Waals surface area contributed by atoms with Crippen molar-refractivity contribution in [1.29, 1.82) is 5.41 Å². The Morgan fingerprint density at radius 1 is 0.596 bits per heavy atom. The lowest BCUT2D eigenvalue weighted by Gasteiger charge is -2.17. The van der Waals surface area contributed by atoms with E-state index in [1.165, 1.54) is 22.1 Å². The number of rotatable bonds is 7. The molecule has 0 bridgehead atoms. The zero-order valence-electron chi connectivity index (χ0n) is 34.1. The van der Waals surface area contributed by atoms with Crippen LogP contribution < -0.4 is 0 Å². The third kappa shape index (κ3) is 9.37. The minimum Gasteiger partial charge on any atom is -0.455 e. The summed E-state index contributed by atoms with van der Waals surface area (Å²) < 4.78 is 6.43. The first-order valence-corrected chi connectivity index (χ1v) is 19.7. The van der Waals surface area contributed by atoms with Crippen LogP contribution in [0.2, 0.25) is 0 Å². The molecule has 0 spiro atoms. The van der Waals surface area contributed by atoms with Gasteiger partial charge in [-0.15, -0.1) is 0 Å². The molecule has 7 aromatic carbocycles. The number of fused-ring (bicyclic) bond motifs is 6. The third-order valence-electron chi connectivity index (χ3n) is 9.64. The first-order chi connectivity index (χ1) is 27.9. The van der Waals surface area contributed by atoms with Crippen LogP contribution in [0.3, 0.4) is 0 Å². The maximum atomic E-state index is 9.31. The molecular formula is C55H53NO. The number of para-hydroxylation sites is 1. The fourth-order valence-corrected chi connectivity index (χ4v) is 6.92. The van der Waals surface area contributed by atoms with Crippen molar-refractivity contribution in [3.05, 3.63) is 212 Å². The monoisotopic (exact) mass is 743 g/mol. The Kier molecular flexibility index (Phi) is 14.7. The maximum absolute atomic E-state index is 9.31. The number of benzene rings is 7. The van der Waals surface area contributed by atoms with E-state index in [1.54, 1.807) is 6.08 Å². The highest BCUT2D eigenvalue weighted by Gasteiger charge is 2.17. The molecule has 0 amide bonds. The average Bonchev–Trinajstić information content (AvgIpc) is 3.63. The van der Waals surface area contributed by atoms with Gasteiger partial charge in [0.15, 0.2) is 0 Å². The highest BCUT2D eigenvalue weighted by molar-refractivity contribution is 6.28. The van der Waals surface area contributed by atoms with Gasteiger partial charge in [0, 0.05) is 21.9 Å². The minimum atomic E-state index is 0.441. The van der Waals surface area contributed by atoms with Crippen LogP contribution in [0.5, 0.6) is 0 Å². The van der Waals surface area contributed by atoms with Crippen molar-refractivity contribution in [1.82, 2.24) is 0 Å². The third-order valence-corrected chi connectivity index (χ3v) is 9.64. The summed E-state index contributed by atoms with van der Waals surface area (Å²) in [7, 11) is 0. The molecule has 2 heteroatoms. The maximum Gasteiger partial charge on any atom is 0.143 e. The molecule has 8 aromatic rings. The fraction of sp³-hybridized carbons (Fsp3) is 0.109. The lowest BCUT2D eigenvalue weighted by Crippen LogP contribution is -2.00. The molecule has 0 aliphatic heterocycles. The van der Waals surface area contributed by atoms with E-state index in [0.717, 1.165) is 65.6 Å². The summed E-state index contributed by atoms with van der Waals surface area (Å²) in [4.78, 5) is 0. The van der Waals surface area contributed by atoms with E-state index >= 15 is 0 Å². The van der Waals surface area contributed by atoms with E-state index in [0.29, 0.717) is 5.71 Å². The van der Waals surface area contributed by atoms with Crippen LogP contribution in [0.4, 0.5) is 0 Å². The van der Waals surface area contributed by atoms with E-state index < -0.39 is 0 Å². The number of hydrogen-bond donors (Lipinski definition) is 1. The van der Waals surface area contributed by atoms with Crippen LogP contribution in [-0.4, -0.2) is 5.71 Å². The van der Waals surface area contributed by atoms with Crippen LogP contribution in [-0.2, 0) is 0 Å². The molecule has 1 N–H and O–H groups in total. The van der Waals surface area contributed by atoms with Gasteiger partial charge in [-0.25, -0.2) is 0 Å². The summed E-state index contributed by atoms with van der Waals surface area (Å²) in [6, 6.07) is 46.2. The van der Waals surface area contributed by atoms with Gasteiger partial charge in [0.2, 0.25) is 0 Å². The standard InChI is InChI=1S/C41H27NO.C7H12.C5H8.C2H6/c1-26(30-20-11-21-35-36-24-28-14-5-6-15-29(28)25-38(36)43-41(30)35)22-23-37(42)40-33-18-9-7-16-31(33)39(27-12-3-2-4-13-27)32-17-8-10-19-34(32)40;1-4-6-7(3)5-2;1-3-5-4-2;1-2/h2-25,42H,1H2;4-6H,1-3H3;3-5H,1H2,2H3;1-2H3/b23-22-,42-37?;6-4-,7-5-;5-4-;. The van der Waals surface area contributed by atoms with Crippen molar-refractivity contribution in [2.24, 2.45) is 0 Å². The summed E-state index contributed by atoms with van der Waals surface area (Å²) >= 11 is 0. The Bertz CT molecular complexity index is 2730. The minimum absolute atomic E-state index is 0.441. The molecule has 0 aliphatic rings. The second kappa shape index (κ2) is 20.2. The first kappa shape index (κ1) is 41.4. The van der Waals surface area contributed by atoms with E-state index in [1.807, 2.05) is 83.2 Å². The smallest absolute Gasteiger partial charge is 0.143 e. The normalized spacial score (nSPS) is 11.4. The Labute approximate surface area is 338 Å². The molecule has 0 atom stereocenters. The zero-order valence-corrected chi connectivity index (χ0v) is 34.1. The van der Waals surface area contributed by atoms with E-state index in [-0.39, 0.29) is 0 Å². The van der Waals surface area contributed by atoms with E-state index in [4.69, 9.17) is 4.42 Å². The second-order valence-electron chi connectivity index (χ2n) is 13.3. The predicted molar refractivity (Wildman–Crippen MR) is 254 cm³/mol. The van der Waals surface area contributed by atoms with Gasteiger partial charge in [-0.05, 0) is 94.9 Å². The van der Waals surface area contributed by atoms with Gasteiger partial charge in [0.05, 0.1) is 5.71 Å². The Morgan fingerprint density at radius 2 is 1.16 bits per heavy atom. The molecule has 0 saturated carbocycles. The average molecular weight is 744 g/mol. The molecule has 1 aromatic heterocycles. The van der Waals surface area contributed by atoms with Gasteiger partial charge < -0.3 is 9.83 Å². The van der Waals surface area contributed by atoms with Crippen molar-refractivity contribution in [2.45, 2.75) is 41.5 Å². The quantitative estimate of drug-likeness (QED) is 0.0985. The SMILES string of the molecule is C/C=C\C(C)=C/C.C=C(/C=C\C(=N)c1c2ccccc2c(-c2ccccc2)c2ccccc12)c1cccc2c1oc1cc3ccccc3cc12.C=C/C=C\C.CC. The van der Waals surface area contributed by atoms with Crippen LogP contribution in [0.1, 0.15) is 52.7 Å². The highest BCUT2D eigenvalue weighted by atomic mass is 16.3. The first-order valence-electron chi connectivity index (χ1n) is 19.7. The number of allylic oxidation sites excluding steroid dienone is 10. The van der Waals surface area contributed by atoms with Crippen LogP contribution in [0, 0.1) is 5.41 Å². The number of furan rings is 1. The Balaban J connectivity index is 0.000000385. The molecule has 284 valence electrons. The van der Waals surface area contributed by atoms with Gasteiger partial charge in [-0.3, -0.25) is 0 Å². The molecule has 1 heterocycles. The van der Waals surface area contributed by atoms with Crippen LogP contribution in [0.15, 0.2) is 205 Å². The fourth-order valence-electron chi connectivity index (χ4n) is 6.92. The Morgan fingerprint density at radius 3 is 1.70 bits per heavy atom. The summed E-state index contributed by atoms with van der Waals surface area (Å²) in [5, 5.41) is 18.2. The van der Waals surface area contributed by atoms with Crippen molar-refractivity contribution in [3.8, 4) is 11.1 Å². The van der Waals surface area contributed by atoms with E-state index in [2.05, 4.69) is 147 Å². The zero-order chi connectivity index (χ0) is 40.7. The van der Waals surface area contributed by atoms with Gasteiger partial charge >= 0.3 is 0 Å². The molecule has 8 rings (SSSR count). The van der Waals surface area contributed by atoms with Gasteiger partial charge in [0.1, 0.15) is 11.2 Å². The molecule has 0 saturated heterocycles. The van der Waals surface area contributed by atoms with Crippen molar-refractivity contribution < 1.29 is 4.42 Å². The highest BCUT2D eigenvalue weighted by Crippen LogP contribution is 2.40. The molecule has 2 nitrogen and oxygen atoms in total. The van der Waals surface area contributed by atoms with Crippen molar-refractivity contribution in [2.75, 3.05) is 0 Å². The van der Waals surface area contributed by atoms with Crippen molar-refractivity contribution in [3.63, 3.8) is 0 Å². The van der Waals surface area contributed by atoms with Crippen molar-refractivity contribution >= 4 is 65.5 Å². The topological polar surface area (TPSA) is 37.0 Å². The lowest BCUT2D eigenvalue weighted by atomic mass is 9.86. The molecule has 0 radical (unpaired) electrons. The summed E-state index contributed by atoms with van der Waals surface area (Å²) in [6.07, 6.45) is 15.6. The summed E-state index contributed by atoms with van der Waals surface area (Å²) in [5.74, 6) is 0. The van der Waals surface area contributed by atoms with Gasteiger partial charge in [0.25, 0.3) is 0 Å². The molecular weight excluding hydrogens is 691 g/mol. The number of hydrogen-bond acceptors (Lipinski definition) is 2. The predicted octanol–water partition coefficient (Wildman–Crippen LogP) is 16.7. The van der Waals surface area contributed by atoms with E-state index in [9.17, 15) is 5.41 Å². The largest absolute Gasteiger partial charge is 0.455 e. The summed E-state index contributed by atoms with van der Waals surface area (Å²) in [5.41, 5.74) is 8.45.